The van der Waals surface area contributed by atoms with Crippen LogP contribution in [-0.4, -0.2) is 36.1 Å². The second-order valence-electron chi connectivity index (χ2n) is 8.72. The van der Waals surface area contributed by atoms with Crippen LogP contribution < -0.4 is 9.64 Å². The summed E-state index contributed by atoms with van der Waals surface area (Å²) >= 11 is 0. The highest BCUT2D eigenvalue weighted by Gasteiger charge is 2.74. The summed E-state index contributed by atoms with van der Waals surface area (Å²) in [4.78, 5) is 55.6. The van der Waals surface area contributed by atoms with Crippen LogP contribution in [0.3, 0.4) is 0 Å². The van der Waals surface area contributed by atoms with Gasteiger partial charge in [-0.1, -0.05) is 48.5 Å². The number of nitrogens with zero attached hydrogens (tertiary/aromatic N) is 1. The predicted octanol–water partition coefficient (Wildman–Crippen LogP) is 3.53. The van der Waals surface area contributed by atoms with E-state index in [1.54, 1.807) is 36.4 Å². The zero-order valence-electron chi connectivity index (χ0n) is 18.4. The second kappa shape index (κ2) is 7.41. The van der Waals surface area contributed by atoms with E-state index in [-0.39, 0.29) is 16.8 Å². The van der Waals surface area contributed by atoms with Gasteiger partial charge in [-0.3, -0.25) is 19.2 Å². The predicted molar refractivity (Wildman–Crippen MR) is 121 cm³/mol. The summed E-state index contributed by atoms with van der Waals surface area (Å²) in [6.45, 7) is 0. The summed E-state index contributed by atoms with van der Waals surface area (Å²) in [7, 11) is 1.50. The van der Waals surface area contributed by atoms with Gasteiger partial charge in [-0.2, -0.15) is 0 Å². The topological polar surface area (TPSA) is 90.0 Å². The number of para-hydroxylation sites is 1. The van der Waals surface area contributed by atoms with E-state index in [0.29, 0.717) is 11.3 Å². The molecule has 2 saturated heterocycles. The first-order chi connectivity index (χ1) is 16.9. The van der Waals surface area contributed by atoms with E-state index in [1.165, 1.54) is 37.4 Å². The summed E-state index contributed by atoms with van der Waals surface area (Å²) in [5.74, 6) is -5.74. The average Bonchev–Trinajstić information content (AvgIpc) is 3.45. The molecule has 1 aliphatic carbocycles. The lowest BCUT2D eigenvalue weighted by atomic mass is 9.77. The summed E-state index contributed by atoms with van der Waals surface area (Å²) in [5.41, 5.74) is -1.67. The minimum Gasteiger partial charge on any atom is -0.497 e. The number of hydrogen-bond acceptors (Lipinski definition) is 6. The quantitative estimate of drug-likeness (QED) is 0.429. The molecule has 1 spiro atoms. The first kappa shape index (κ1) is 21.4. The fraction of sp³-hybridized carbons (Fsp3) is 0.185. The molecule has 0 bridgehead atoms. The molecule has 2 fully saturated rings. The largest absolute Gasteiger partial charge is 0.497 e. The minimum absolute atomic E-state index is 0.135. The lowest BCUT2D eigenvalue weighted by Crippen LogP contribution is -2.51. The van der Waals surface area contributed by atoms with Gasteiger partial charge >= 0.3 is 0 Å². The Bertz CT molecular complexity index is 1400. The van der Waals surface area contributed by atoms with Crippen molar-refractivity contribution >= 4 is 29.1 Å². The van der Waals surface area contributed by atoms with E-state index in [9.17, 15) is 23.6 Å². The van der Waals surface area contributed by atoms with Gasteiger partial charge in [0.05, 0.1) is 30.7 Å². The number of amides is 2. The van der Waals surface area contributed by atoms with Crippen LogP contribution in [-0.2, 0) is 14.3 Å². The molecule has 6 rings (SSSR count). The van der Waals surface area contributed by atoms with Gasteiger partial charge in [0, 0.05) is 11.1 Å². The number of anilines is 1. The number of ether oxygens (including phenoxy) is 2. The van der Waals surface area contributed by atoms with Crippen molar-refractivity contribution < 1.29 is 33.0 Å². The molecule has 3 aromatic carbocycles. The molecular weight excluding hydrogens is 453 g/mol. The zero-order valence-corrected chi connectivity index (χ0v) is 18.4. The number of carbonyl (C=O) groups excluding carboxylic acids is 4. The van der Waals surface area contributed by atoms with Gasteiger partial charge in [-0.15, -0.1) is 0 Å². The van der Waals surface area contributed by atoms with Gasteiger partial charge in [-0.05, 0) is 29.8 Å². The van der Waals surface area contributed by atoms with E-state index in [1.807, 2.05) is 0 Å². The fourth-order valence-corrected chi connectivity index (χ4v) is 5.48. The average molecular weight is 471 g/mol. The van der Waals surface area contributed by atoms with E-state index in [4.69, 9.17) is 9.47 Å². The maximum atomic E-state index is 14.7. The highest BCUT2D eigenvalue weighted by Crippen LogP contribution is 2.57. The molecule has 0 radical (unpaired) electrons. The van der Waals surface area contributed by atoms with Crippen molar-refractivity contribution in [2.24, 2.45) is 11.8 Å². The summed E-state index contributed by atoms with van der Waals surface area (Å²) in [5, 5.41) is 0. The molecule has 2 heterocycles. The third kappa shape index (κ3) is 2.68. The molecule has 0 saturated carbocycles. The molecule has 2 aliphatic heterocycles. The Kier molecular flexibility index (Phi) is 4.53. The van der Waals surface area contributed by atoms with E-state index >= 15 is 0 Å². The lowest BCUT2D eigenvalue weighted by molar-refractivity contribution is -0.127. The van der Waals surface area contributed by atoms with Crippen molar-refractivity contribution in [1.82, 2.24) is 0 Å². The number of halogens is 1. The molecule has 3 aromatic rings. The highest BCUT2D eigenvalue weighted by atomic mass is 19.1. The Hall–Kier alpha value is -4.17. The number of ketones is 2. The first-order valence-electron chi connectivity index (χ1n) is 11.0. The normalized spacial score (nSPS) is 24.3. The molecule has 0 aromatic heterocycles. The molecular formula is C27H18FNO6. The summed E-state index contributed by atoms with van der Waals surface area (Å²) in [6.07, 6.45) is -1.08. The van der Waals surface area contributed by atoms with Crippen molar-refractivity contribution in [2.45, 2.75) is 11.7 Å². The molecule has 7 nitrogen and oxygen atoms in total. The Labute approximate surface area is 199 Å². The van der Waals surface area contributed by atoms with Gasteiger partial charge in [0.25, 0.3) is 0 Å². The molecule has 2 amide bonds. The molecule has 174 valence electrons. The number of methoxy groups -OCH3 is 1. The monoisotopic (exact) mass is 471 g/mol. The second-order valence-corrected chi connectivity index (χ2v) is 8.72. The Morgan fingerprint density at radius 1 is 0.829 bits per heavy atom. The van der Waals surface area contributed by atoms with Crippen LogP contribution in [0.2, 0.25) is 0 Å². The van der Waals surface area contributed by atoms with Crippen LogP contribution in [0.25, 0.3) is 0 Å². The highest BCUT2D eigenvalue weighted by molar-refractivity contribution is 6.37. The zero-order chi connectivity index (χ0) is 24.5. The van der Waals surface area contributed by atoms with Crippen LogP contribution in [0.1, 0.15) is 32.4 Å². The number of benzene rings is 3. The van der Waals surface area contributed by atoms with Crippen LogP contribution >= 0.6 is 0 Å². The lowest BCUT2D eigenvalue weighted by Gasteiger charge is -2.27. The third-order valence-electron chi connectivity index (χ3n) is 7.06. The van der Waals surface area contributed by atoms with Gasteiger partial charge < -0.3 is 9.47 Å². The number of fused-ring (bicyclic) bond motifs is 3. The van der Waals surface area contributed by atoms with Gasteiger partial charge in [0.2, 0.25) is 29.0 Å². The number of imide groups is 1. The molecule has 0 N–H and O–H groups in total. The Morgan fingerprint density at radius 2 is 1.43 bits per heavy atom. The van der Waals surface area contributed by atoms with Gasteiger partial charge in [0.15, 0.2) is 0 Å². The van der Waals surface area contributed by atoms with Crippen molar-refractivity contribution in [1.29, 1.82) is 0 Å². The molecule has 3 aliphatic rings. The summed E-state index contributed by atoms with van der Waals surface area (Å²) < 4.78 is 26.1. The van der Waals surface area contributed by atoms with E-state index in [0.717, 1.165) is 11.0 Å². The van der Waals surface area contributed by atoms with Crippen molar-refractivity contribution in [3.05, 3.63) is 95.3 Å². The van der Waals surface area contributed by atoms with Crippen LogP contribution in [0.5, 0.6) is 5.75 Å². The van der Waals surface area contributed by atoms with Crippen LogP contribution in [0.4, 0.5) is 10.1 Å². The minimum atomic E-state index is -2.20. The smallest absolute Gasteiger partial charge is 0.241 e. The van der Waals surface area contributed by atoms with Crippen LogP contribution in [0, 0.1) is 17.7 Å². The number of Topliss-reactive ketones (excluding diaryl/α,β-unsaturated/α-hetero) is 2. The van der Waals surface area contributed by atoms with Gasteiger partial charge in [-0.25, -0.2) is 9.29 Å². The molecule has 8 heteroatoms. The first-order valence-corrected chi connectivity index (χ1v) is 11.0. The van der Waals surface area contributed by atoms with Crippen molar-refractivity contribution in [2.75, 3.05) is 12.0 Å². The van der Waals surface area contributed by atoms with E-state index < -0.39 is 52.7 Å². The summed E-state index contributed by atoms with van der Waals surface area (Å²) in [6, 6.07) is 18.2. The number of rotatable bonds is 3. The third-order valence-corrected chi connectivity index (χ3v) is 7.06. The van der Waals surface area contributed by atoms with E-state index in [2.05, 4.69) is 0 Å². The SMILES string of the molecule is COc1ccc([C@@H]2OC3(C(=O)c4ccccc4C3=O)[C@H]3C(=O)N(c4ccccc4F)C(=O)[C@H]23)cc1. The van der Waals surface area contributed by atoms with Crippen molar-refractivity contribution in [3.63, 3.8) is 0 Å². The maximum Gasteiger partial charge on any atom is 0.241 e. The standard InChI is InChI=1S/C27H18FNO6/c1-34-15-12-10-14(11-13-15)22-20-21(26(33)29(25(20)32)19-9-5-4-8-18(19)28)27(35-22)23(30)16-6-2-3-7-17(16)24(27)31/h2-13,20-22H,1H3/t20-,21+,22-/m0/s1. The van der Waals surface area contributed by atoms with Crippen molar-refractivity contribution in [3.8, 4) is 5.75 Å². The number of hydrogen-bond donors (Lipinski definition) is 0. The fourth-order valence-electron chi connectivity index (χ4n) is 5.48. The maximum absolute atomic E-state index is 14.7. The van der Waals surface area contributed by atoms with Crippen LogP contribution in [0.15, 0.2) is 72.8 Å². The molecule has 35 heavy (non-hydrogen) atoms. The Morgan fingerprint density at radius 3 is 2.03 bits per heavy atom. The Balaban J connectivity index is 1.54. The number of carbonyl (C=O) groups is 4. The molecule has 3 atom stereocenters. The molecule has 0 unspecified atom stereocenters. The van der Waals surface area contributed by atoms with Gasteiger partial charge in [0.1, 0.15) is 11.6 Å².